The molecular formula is C44H66O17. The summed E-state index contributed by atoms with van der Waals surface area (Å²) in [5.41, 5.74) is 0.346. The van der Waals surface area contributed by atoms with Gasteiger partial charge in [0.1, 0.15) is 96.2 Å². The van der Waals surface area contributed by atoms with Crippen LogP contribution in [-0.2, 0) is 23.7 Å². The van der Waals surface area contributed by atoms with Crippen LogP contribution in [0.15, 0.2) is 24.3 Å². The van der Waals surface area contributed by atoms with E-state index in [0.717, 1.165) is 32.1 Å². The van der Waals surface area contributed by atoms with Crippen molar-refractivity contribution in [2.45, 2.75) is 154 Å². The minimum atomic E-state index is -1.95. The molecule has 0 radical (unpaired) electrons. The van der Waals surface area contributed by atoms with Gasteiger partial charge in [-0.15, -0.1) is 0 Å². The van der Waals surface area contributed by atoms with Crippen LogP contribution in [0.5, 0.6) is 23.0 Å². The van der Waals surface area contributed by atoms with Crippen molar-refractivity contribution in [3.63, 3.8) is 0 Å². The van der Waals surface area contributed by atoms with Crippen molar-refractivity contribution in [3.05, 3.63) is 46.5 Å². The Hall–Kier alpha value is -3.78. The molecule has 61 heavy (non-hydrogen) atoms. The van der Waals surface area contributed by atoms with Crippen LogP contribution >= 0.6 is 0 Å². The first-order valence-electron chi connectivity index (χ1n) is 21.3. The molecule has 2 aromatic rings. The Labute approximate surface area is 357 Å². The summed E-state index contributed by atoms with van der Waals surface area (Å²) in [6, 6.07) is 5.72. The summed E-state index contributed by atoms with van der Waals surface area (Å²) in [4.78, 5) is 26.2. The third-order valence-corrected chi connectivity index (χ3v) is 11.1. The summed E-state index contributed by atoms with van der Waals surface area (Å²) in [7, 11) is 0. The van der Waals surface area contributed by atoms with Crippen molar-refractivity contribution in [2.75, 3.05) is 26.4 Å². The number of carbonyl (C=O) groups excluding carboxylic acids is 2. The second kappa shape index (κ2) is 23.6. The van der Waals surface area contributed by atoms with Gasteiger partial charge < -0.3 is 74.0 Å². The van der Waals surface area contributed by atoms with Gasteiger partial charge in [-0.2, -0.15) is 0 Å². The molecule has 0 spiro atoms. The lowest BCUT2D eigenvalue weighted by molar-refractivity contribution is -0.376. The molecule has 17 heteroatoms. The van der Waals surface area contributed by atoms with E-state index in [1.165, 1.54) is 31.4 Å². The number of hydrogen-bond donors (Lipinski definition) is 8. The van der Waals surface area contributed by atoms with Gasteiger partial charge in [-0.3, -0.25) is 0 Å². The summed E-state index contributed by atoms with van der Waals surface area (Å²) in [5.74, 6) is -0.983. The van der Waals surface area contributed by atoms with Crippen molar-refractivity contribution in [1.29, 1.82) is 0 Å². The fraction of sp³-hybridized carbons (Fsp3) is 0.682. The maximum absolute atomic E-state index is 13.2. The fourth-order valence-corrected chi connectivity index (χ4v) is 7.49. The maximum atomic E-state index is 13.2. The SMILES string of the molecule is CCCCCOc1cc(C)c(C(=O)OCC2OC(OC3OC(COC(=O)c4c(C)cc(OCCC(C)CC(C)CCCC)cc4O)C(O)C(O)C3O)C(O)C(O)C2O)c(O)c1. The Kier molecular flexibility index (Phi) is 19.3. The summed E-state index contributed by atoms with van der Waals surface area (Å²) < 4.78 is 39.0. The number of aliphatic hydroxyl groups excluding tert-OH is 6. The van der Waals surface area contributed by atoms with Crippen LogP contribution in [0.2, 0.25) is 0 Å². The van der Waals surface area contributed by atoms with Crippen LogP contribution in [-0.4, -0.2) is 141 Å². The third-order valence-electron chi connectivity index (χ3n) is 11.1. The van der Waals surface area contributed by atoms with Crippen LogP contribution < -0.4 is 9.47 Å². The Morgan fingerprint density at radius 3 is 1.49 bits per heavy atom. The number of unbranched alkanes of at least 4 members (excludes halogenated alkanes) is 3. The summed E-state index contributed by atoms with van der Waals surface area (Å²) >= 11 is 0. The number of esters is 2. The summed E-state index contributed by atoms with van der Waals surface area (Å²) in [6.07, 6.45) is -9.83. The highest BCUT2D eigenvalue weighted by atomic mass is 16.8. The summed E-state index contributed by atoms with van der Waals surface area (Å²) in [5, 5.41) is 85.4. The van der Waals surface area contributed by atoms with E-state index in [4.69, 9.17) is 33.2 Å². The van der Waals surface area contributed by atoms with Crippen LogP contribution in [0.4, 0.5) is 0 Å². The van der Waals surface area contributed by atoms with Crippen LogP contribution in [0, 0.1) is 25.7 Å². The number of benzene rings is 2. The zero-order chi connectivity index (χ0) is 45.0. The average Bonchev–Trinajstić information content (AvgIpc) is 3.20. The molecular weight excluding hydrogens is 800 g/mol. The zero-order valence-corrected chi connectivity index (χ0v) is 36.0. The van der Waals surface area contributed by atoms with Crippen LogP contribution in [0.1, 0.15) is 111 Å². The van der Waals surface area contributed by atoms with Crippen molar-refractivity contribution < 1.29 is 83.6 Å². The number of aryl methyl sites for hydroxylation is 2. The van der Waals surface area contributed by atoms with E-state index in [-0.39, 0.29) is 11.1 Å². The van der Waals surface area contributed by atoms with Gasteiger partial charge in [0.2, 0.25) is 0 Å². The van der Waals surface area contributed by atoms with Gasteiger partial charge in [-0.1, -0.05) is 59.8 Å². The maximum Gasteiger partial charge on any atom is 0.342 e. The average molecular weight is 867 g/mol. The topological polar surface area (TPSA) is 261 Å². The van der Waals surface area contributed by atoms with E-state index in [1.54, 1.807) is 26.0 Å². The van der Waals surface area contributed by atoms with E-state index in [2.05, 4.69) is 27.7 Å². The molecule has 0 bridgehead atoms. The molecule has 2 saturated heterocycles. The lowest BCUT2D eigenvalue weighted by Crippen LogP contribution is -2.64. The van der Waals surface area contributed by atoms with Crippen LogP contribution in [0.25, 0.3) is 0 Å². The van der Waals surface area contributed by atoms with Crippen molar-refractivity contribution >= 4 is 11.9 Å². The molecule has 2 fully saturated rings. The highest BCUT2D eigenvalue weighted by molar-refractivity contribution is 5.95. The molecule has 2 heterocycles. The highest BCUT2D eigenvalue weighted by Gasteiger charge is 2.50. The molecule has 344 valence electrons. The van der Waals surface area contributed by atoms with Crippen molar-refractivity contribution in [2.24, 2.45) is 11.8 Å². The fourth-order valence-electron chi connectivity index (χ4n) is 7.49. The first kappa shape index (κ1) is 49.9. The molecule has 2 aromatic carbocycles. The lowest BCUT2D eigenvalue weighted by Gasteiger charge is -2.44. The molecule has 2 aliphatic rings. The smallest absolute Gasteiger partial charge is 0.342 e. The van der Waals surface area contributed by atoms with Gasteiger partial charge >= 0.3 is 11.9 Å². The van der Waals surface area contributed by atoms with Gasteiger partial charge in [-0.25, -0.2) is 9.59 Å². The highest BCUT2D eigenvalue weighted by Crippen LogP contribution is 2.33. The van der Waals surface area contributed by atoms with E-state index < -0.39 is 98.1 Å². The van der Waals surface area contributed by atoms with Gasteiger partial charge in [0.15, 0.2) is 12.6 Å². The zero-order valence-electron chi connectivity index (χ0n) is 36.0. The minimum absolute atomic E-state index is 0.170. The number of carbonyl (C=O) groups is 2. The molecule has 4 rings (SSSR count). The van der Waals surface area contributed by atoms with E-state index in [9.17, 15) is 50.4 Å². The Balaban J connectivity index is 1.33. The molecule has 12 unspecified atom stereocenters. The molecule has 17 nitrogen and oxygen atoms in total. The first-order valence-corrected chi connectivity index (χ1v) is 21.3. The monoisotopic (exact) mass is 866 g/mol. The van der Waals surface area contributed by atoms with Gasteiger partial charge in [-0.05, 0) is 68.2 Å². The van der Waals surface area contributed by atoms with Crippen molar-refractivity contribution in [1.82, 2.24) is 0 Å². The number of phenols is 2. The largest absolute Gasteiger partial charge is 0.507 e. The minimum Gasteiger partial charge on any atom is -0.507 e. The normalized spacial score (nSPS) is 27.5. The van der Waals surface area contributed by atoms with Gasteiger partial charge in [0.05, 0.1) is 13.2 Å². The van der Waals surface area contributed by atoms with E-state index in [1.807, 2.05) is 0 Å². The number of phenolic OH excluding ortho intramolecular Hbond substituents is 2. The van der Waals surface area contributed by atoms with Crippen LogP contribution in [0.3, 0.4) is 0 Å². The molecule has 0 amide bonds. The van der Waals surface area contributed by atoms with E-state index >= 15 is 0 Å². The number of rotatable bonds is 22. The number of aromatic hydroxyl groups is 2. The predicted octanol–water partition coefficient (Wildman–Crippen LogP) is 3.55. The summed E-state index contributed by atoms with van der Waals surface area (Å²) in [6.45, 7) is 11.3. The quantitative estimate of drug-likeness (QED) is 0.0622. The second-order valence-electron chi connectivity index (χ2n) is 16.4. The van der Waals surface area contributed by atoms with Gasteiger partial charge in [0, 0.05) is 12.1 Å². The predicted molar refractivity (Wildman–Crippen MR) is 218 cm³/mol. The molecule has 0 aliphatic carbocycles. The van der Waals surface area contributed by atoms with Gasteiger partial charge in [0.25, 0.3) is 0 Å². The number of aliphatic hydroxyl groups is 6. The Bertz CT molecular complexity index is 1660. The third kappa shape index (κ3) is 13.6. The lowest BCUT2D eigenvalue weighted by atomic mass is 9.91. The Morgan fingerprint density at radius 2 is 1.05 bits per heavy atom. The van der Waals surface area contributed by atoms with Crippen molar-refractivity contribution in [3.8, 4) is 23.0 Å². The van der Waals surface area contributed by atoms with E-state index in [0.29, 0.717) is 47.7 Å². The molecule has 12 atom stereocenters. The molecule has 0 saturated carbocycles. The molecule has 8 N–H and O–H groups in total. The number of ether oxygens (including phenoxy) is 7. The number of hydrogen-bond acceptors (Lipinski definition) is 17. The standard InChI is InChI=1S/C44H66O17/c1-7-9-11-14-55-27-17-25(5)33(29(45)19-27)41(53)57-21-31-35(47)37(49)39(51)43(59-31)61-44-40(52)38(50)36(48)32(60-44)22-58-42(54)34-26(6)18-28(20-30(34)46)56-15-13-24(4)16-23(3)12-10-8-2/h17-20,23-24,31-32,35-40,43-52H,7-16,21-22H2,1-6H3. The first-order chi connectivity index (χ1) is 29.0. The Morgan fingerprint density at radius 1 is 0.607 bits per heavy atom. The second-order valence-corrected chi connectivity index (χ2v) is 16.4. The molecule has 0 aromatic heterocycles. The molecule has 2 aliphatic heterocycles.